The molecule has 4 nitrogen and oxygen atoms in total. The third-order valence-corrected chi connectivity index (χ3v) is 3.70. The molecule has 1 fully saturated rings. The summed E-state index contributed by atoms with van der Waals surface area (Å²) in [5, 5.41) is 2.98. The van der Waals surface area contributed by atoms with E-state index in [-0.39, 0.29) is 17.8 Å². The molecule has 0 atom stereocenters. The quantitative estimate of drug-likeness (QED) is 0.948. The van der Waals surface area contributed by atoms with E-state index in [1.807, 2.05) is 0 Å². The smallest absolute Gasteiger partial charge is 0.253 e. The number of hydrogen-bond donors (Lipinski definition) is 1. The number of pyridine rings is 1. The highest BCUT2D eigenvalue weighted by Gasteiger charge is 2.17. The number of rotatable bonds is 3. The van der Waals surface area contributed by atoms with Gasteiger partial charge in [0.1, 0.15) is 5.82 Å². The zero-order valence-corrected chi connectivity index (χ0v) is 12.1. The standard InChI is InChI=1S/C17H17FN2O2/c18-14-3-1-2-12(10-14)16-5-4-13(11-19-16)17(21)20-15-6-8-22-9-7-15/h1-5,10-11,15H,6-9H2,(H,20,21). The highest BCUT2D eigenvalue weighted by atomic mass is 19.1. The van der Waals surface area contributed by atoms with Crippen molar-refractivity contribution in [3.05, 3.63) is 54.0 Å². The largest absolute Gasteiger partial charge is 0.381 e. The van der Waals surface area contributed by atoms with Crippen molar-refractivity contribution in [3.63, 3.8) is 0 Å². The number of carbonyl (C=O) groups is 1. The Morgan fingerprint density at radius 1 is 1.23 bits per heavy atom. The first-order valence-corrected chi connectivity index (χ1v) is 7.33. The molecule has 1 aromatic heterocycles. The summed E-state index contributed by atoms with van der Waals surface area (Å²) in [4.78, 5) is 16.4. The number of halogens is 1. The summed E-state index contributed by atoms with van der Waals surface area (Å²) in [5.41, 5.74) is 1.84. The molecule has 0 aliphatic carbocycles. The fourth-order valence-electron chi connectivity index (χ4n) is 2.46. The number of aromatic nitrogens is 1. The maximum absolute atomic E-state index is 13.2. The van der Waals surface area contributed by atoms with Gasteiger partial charge in [-0.15, -0.1) is 0 Å². The summed E-state index contributed by atoms with van der Waals surface area (Å²) < 4.78 is 18.5. The van der Waals surface area contributed by atoms with E-state index in [0.717, 1.165) is 12.8 Å². The van der Waals surface area contributed by atoms with Gasteiger partial charge in [0.2, 0.25) is 0 Å². The molecule has 0 bridgehead atoms. The topological polar surface area (TPSA) is 51.2 Å². The molecule has 1 aliphatic rings. The van der Waals surface area contributed by atoms with Crippen LogP contribution < -0.4 is 5.32 Å². The van der Waals surface area contributed by atoms with Crippen LogP contribution in [0.1, 0.15) is 23.2 Å². The van der Waals surface area contributed by atoms with Crippen LogP contribution >= 0.6 is 0 Å². The second-order valence-electron chi connectivity index (χ2n) is 5.30. The molecule has 1 aliphatic heterocycles. The minimum absolute atomic E-state index is 0.134. The lowest BCUT2D eigenvalue weighted by Gasteiger charge is -2.23. The zero-order chi connectivity index (χ0) is 15.4. The summed E-state index contributed by atoms with van der Waals surface area (Å²) in [7, 11) is 0. The van der Waals surface area contributed by atoms with Crippen molar-refractivity contribution in [2.24, 2.45) is 0 Å². The maximum Gasteiger partial charge on any atom is 0.253 e. The van der Waals surface area contributed by atoms with Crippen molar-refractivity contribution >= 4 is 5.91 Å². The summed E-state index contributed by atoms with van der Waals surface area (Å²) in [6, 6.07) is 9.83. The maximum atomic E-state index is 13.2. The molecule has 3 rings (SSSR count). The molecule has 1 saturated heterocycles. The number of benzene rings is 1. The second-order valence-corrected chi connectivity index (χ2v) is 5.30. The number of nitrogens with one attached hydrogen (secondary N) is 1. The first kappa shape index (κ1) is 14.7. The Hall–Kier alpha value is -2.27. The fraction of sp³-hybridized carbons (Fsp3) is 0.294. The summed E-state index contributed by atoms with van der Waals surface area (Å²) >= 11 is 0. The minimum Gasteiger partial charge on any atom is -0.381 e. The lowest BCUT2D eigenvalue weighted by molar-refractivity contribution is 0.0696. The van der Waals surface area contributed by atoms with E-state index in [1.54, 1.807) is 24.3 Å². The average molecular weight is 300 g/mol. The SMILES string of the molecule is O=C(NC1CCOCC1)c1ccc(-c2cccc(F)c2)nc1. The molecule has 0 spiro atoms. The van der Waals surface area contributed by atoms with E-state index in [0.29, 0.717) is 30.0 Å². The van der Waals surface area contributed by atoms with Crippen molar-refractivity contribution < 1.29 is 13.9 Å². The first-order valence-electron chi connectivity index (χ1n) is 7.33. The van der Waals surface area contributed by atoms with Gasteiger partial charge in [0.05, 0.1) is 11.3 Å². The lowest BCUT2D eigenvalue weighted by Crippen LogP contribution is -2.38. The molecule has 0 saturated carbocycles. The average Bonchev–Trinajstić information content (AvgIpc) is 2.56. The van der Waals surface area contributed by atoms with Gasteiger partial charge in [-0.05, 0) is 37.1 Å². The van der Waals surface area contributed by atoms with Crippen LogP contribution in [0, 0.1) is 5.82 Å². The Balaban J connectivity index is 1.69. The van der Waals surface area contributed by atoms with Gasteiger partial charge >= 0.3 is 0 Å². The molecule has 1 N–H and O–H groups in total. The van der Waals surface area contributed by atoms with Gasteiger partial charge in [-0.25, -0.2) is 4.39 Å². The Bertz CT molecular complexity index is 652. The molecule has 5 heteroatoms. The van der Waals surface area contributed by atoms with Gasteiger partial charge in [-0.2, -0.15) is 0 Å². The van der Waals surface area contributed by atoms with Gasteiger partial charge in [-0.1, -0.05) is 12.1 Å². The Morgan fingerprint density at radius 2 is 2.05 bits per heavy atom. The number of amides is 1. The molecular formula is C17H17FN2O2. The number of carbonyl (C=O) groups excluding carboxylic acids is 1. The van der Waals surface area contributed by atoms with Crippen molar-refractivity contribution in [1.29, 1.82) is 0 Å². The predicted octanol–water partition coefficient (Wildman–Crippen LogP) is 2.80. The van der Waals surface area contributed by atoms with E-state index in [9.17, 15) is 9.18 Å². The van der Waals surface area contributed by atoms with Crippen LogP contribution in [-0.4, -0.2) is 30.1 Å². The van der Waals surface area contributed by atoms with Crippen LogP contribution in [0.25, 0.3) is 11.3 Å². The Kier molecular flexibility index (Phi) is 4.44. The summed E-state index contributed by atoms with van der Waals surface area (Å²) in [6.45, 7) is 1.36. The molecule has 2 aromatic rings. The fourth-order valence-corrected chi connectivity index (χ4v) is 2.46. The van der Waals surface area contributed by atoms with Gasteiger partial charge in [0, 0.05) is 31.0 Å². The number of nitrogens with zero attached hydrogens (tertiary/aromatic N) is 1. The minimum atomic E-state index is -0.305. The van der Waals surface area contributed by atoms with Crippen LogP contribution in [0.2, 0.25) is 0 Å². The van der Waals surface area contributed by atoms with Crippen molar-refractivity contribution in [2.45, 2.75) is 18.9 Å². The third kappa shape index (κ3) is 3.49. The monoisotopic (exact) mass is 300 g/mol. The molecule has 1 amide bonds. The van der Waals surface area contributed by atoms with Crippen LogP contribution in [0.5, 0.6) is 0 Å². The van der Waals surface area contributed by atoms with Crippen LogP contribution in [0.15, 0.2) is 42.6 Å². The molecular weight excluding hydrogens is 283 g/mol. The molecule has 22 heavy (non-hydrogen) atoms. The molecule has 0 unspecified atom stereocenters. The van der Waals surface area contributed by atoms with E-state index < -0.39 is 0 Å². The molecule has 114 valence electrons. The third-order valence-electron chi connectivity index (χ3n) is 3.70. The Morgan fingerprint density at radius 3 is 2.73 bits per heavy atom. The zero-order valence-electron chi connectivity index (χ0n) is 12.1. The first-order chi connectivity index (χ1) is 10.7. The lowest BCUT2D eigenvalue weighted by atomic mass is 10.1. The second kappa shape index (κ2) is 6.66. The van der Waals surface area contributed by atoms with Gasteiger partial charge in [0.15, 0.2) is 0 Å². The van der Waals surface area contributed by atoms with Crippen molar-refractivity contribution in [1.82, 2.24) is 10.3 Å². The van der Waals surface area contributed by atoms with Crippen molar-refractivity contribution in [3.8, 4) is 11.3 Å². The molecule has 1 aromatic carbocycles. The number of hydrogen-bond acceptors (Lipinski definition) is 3. The van der Waals surface area contributed by atoms with Crippen molar-refractivity contribution in [2.75, 3.05) is 13.2 Å². The highest BCUT2D eigenvalue weighted by molar-refractivity contribution is 5.94. The molecule has 2 heterocycles. The number of ether oxygens (including phenoxy) is 1. The van der Waals surface area contributed by atoms with Crippen LogP contribution in [0.4, 0.5) is 4.39 Å². The van der Waals surface area contributed by atoms with Gasteiger partial charge in [-0.3, -0.25) is 9.78 Å². The molecule has 0 radical (unpaired) electrons. The van der Waals surface area contributed by atoms with E-state index in [1.165, 1.54) is 18.3 Å². The van der Waals surface area contributed by atoms with E-state index in [4.69, 9.17) is 4.74 Å². The predicted molar refractivity (Wildman–Crippen MR) is 80.9 cm³/mol. The summed E-state index contributed by atoms with van der Waals surface area (Å²) in [5.74, 6) is -0.439. The Labute approximate surface area is 128 Å². The normalized spacial score (nSPS) is 15.5. The van der Waals surface area contributed by atoms with Gasteiger partial charge in [0.25, 0.3) is 5.91 Å². The summed E-state index contributed by atoms with van der Waals surface area (Å²) in [6.07, 6.45) is 3.19. The van der Waals surface area contributed by atoms with Gasteiger partial charge < -0.3 is 10.1 Å². The van der Waals surface area contributed by atoms with E-state index in [2.05, 4.69) is 10.3 Å². The van der Waals surface area contributed by atoms with Crippen LogP contribution in [0.3, 0.4) is 0 Å². The van der Waals surface area contributed by atoms with Crippen LogP contribution in [-0.2, 0) is 4.74 Å². The van der Waals surface area contributed by atoms with E-state index >= 15 is 0 Å². The highest BCUT2D eigenvalue weighted by Crippen LogP contribution is 2.18.